The minimum Gasteiger partial charge on any atom is -0.353 e. The van der Waals surface area contributed by atoms with Crippen LogP contribution in [0.5, 0.6) is 0 Å². The quantitative estimate of drug-likeness (QED) is 0.432. The molecule has 0 aliphatic heterocycles. The lowest BCUT2D eigenvalue weighted by Crippen LogP contribution is -2.40. The van der Waals surface area contributed by atoms with Crippen LogP contribution in [-0.4, -0.2) is 25.0 Å². The molecule has 0 saturated carbocycles. The van der Waals surface area contributed by atoms with Crippen molar-refractivity contribution in [3.05, 3.63) is 0 Å². The molecule has 0 aromatic carbocycles. The van der Waals surface area contributed by atoms with Crippen molar-refractivity contribution in [3.63, 3.8) is 0 Å². The first kappa shape index (κ1) is 8.39. The second-order valence-corrected chi connectivity index (χ2v) is 1.87. The molecule has 5 N–H and O–H groups in total. The third kappa shape index (κ3) is 3.93. The molecule has 1 atom stereocenters. The second-order valence-electron chi connectivity index (χ2n) is 1.87. The molecule has 54 valence electrons. The summed E-state index contributed by atoms with van der Waals surface area (Å²) in [7, 11) is 0. The largest absolute Gasteiger partial charge is 0.353 e. The number of carbonyl (C=O) groups excluding carboxylic acids is 1. The first-order chi connectivity index (χ1) is 4.18. The van der Waals surface area contributed by atoms with Gasteiger partial charge in [-0.15, -0.1) is 0 Å². The van der Waals surface area contributed by atoms with E-state index in [1.54, 1.807) is 6.92 Å². The van der Waals surface area contributed by atoms with E-state index in [0.717, 1.165) is 0 Å². The first-order valence-electron chi connectivity index (χ1n) is 2.92. The predicted octanol–water partition coefficient (Wildman–Crippen LogP) is -1.59. The van der Waals surface area contributed by atoms with E-state index in [0.29, 0.717) is 13.1 Å². The summed E-state index contributed by atoms with van der Waals surface area (Å²) in [5.74, 6) is -0.152. The molecule has 0 unspecified atom stereocenters. The van der Waals surface area contributed by atoms with Crippen LogP contribution in [0.1, 0.15) is 6.92 Å². The van der Waals surface area contributed by atoms with E-state index < -0.39 is 6.04 Å². The van der Waals surface area contributed by atoms with Gasteiger partial charge < -0.3 is 16.8 Å². The third-order valence-corrected chi connectivity index (χ3v) is 0.857. The Balaban J connectivity index is 3.28. The smallest absolute Gasteiger partial charge is 0.236 e. The molecule has 0 heterocycles. The maximum Gasteiger partial charge on any atom is 0.236 e. The monoisotopic (exact) mass is 131 g/mol. The average Bonchev–Trinajstić information content (AvgIpc) is 1.82. The van der Waals surface area contributed by atoms with Crippen molar-refractivity contribution in [1.29, 1.82) is 0 Å². The number of carbonyl (C=O) groups is 1. The highest BCUT2D eigenvalue weighted by atomic mass is 16.2. The van der Waals surface area contributed by atoms with E-state index >= 15 is 0 Å². The molecule has 0 fully saturated rings. The molecule has 9 heavy (non-hydrogen) atoms. The SMILES string of the molecule is C[C@@H](N)C(=O)NCCN. The summed E-state index contributed by atoms with van der Waals surface area (Å²) in [6.45, 7) is 2.59. The summed E-state index contributed by atoms with van der Waals surface area (Å²) in [5, 5.41) is 2.54. The number of hydrogen-bond donors (Lipinski definition) is 3. The Labute approximate surface area is 54.6 Å². The summed E-state index contributed by atoms with van der Waals surface area (Å²) >= 11 is 0. The van der Waals surface area contributed by atoms with E-state index in [2.05, 4.69) is 5.32 Å². The van der Waals surface area contributed by atoms with Crippen LogP contribution in [0.15, 0.2) is 0 Å². The maximum atomic E-state index is 10.6. The second kappa shape index (κ2) is 4.29. The number of amides is 1. The van der Waals surface area contributed by atoms with Crippen LogP contribution in [0.3, 0.4) is 0 Å². The van der Waals surface area contributed by atoms with Gasteiger partial charge in [0.15, 0.2) is 0 Å². The summed E-state index contributed by atoms with van der Waals surface area (Å²) in [4.78, 5) is 10.6. The van der Waals surface area contributed by atoms with E-state index in [1.807, 2.05) is 0 Å². The molecule has 0 spiro atoms. The molecule has 0 rings (SSSR count). The fourth-order valence-electron chi connectivity index (χ4n) is 0.356. The van der Waals surface area contributed by atoms with Gasteiger partial charge in [0.05, 0.1) is 6.04 Å². The van der Waals surface area contributed by atoms with E-state index in [9.17, 15) is 4.79 Å². The highest BCUT2D eigenvalue weighted by Gasteiger charge is 2.03. The van der Waals surface area contributed by atoms with Crippen LogP contribution < -0.4 is 16.8 Å². The molecular weight excluding hydrogens is 118 g/mol. The lowest BCUT2D eigenvalue weighted by atomic mass is 10.3. The van der Waals surface area contributed by atoms with Gasteiger partial charge in [-0.05, 0) is 6.92 Å². The lowest BCUT2D eigenvalue weighted by molar-refractivity contribution is -0.121. The van der Waals surface area contributed by atoms with Crippen molar-refractivity contribution in [3.8, 4) is 0 Å². The molecule has 0 aliphatic carbocycles. The van der Waals surface area contributed by atoms with Gasteiger partial charge in [-0.3, -0.25) is 4.79 Å². The Bertz CT molecular complexity index is 92.2. The van der Waals surface area contributed by atoms with E-state index in [1.165, 1.54) is 0 Å². The molecular formula is C5H13N3O. The Kier molecular flexibility index (Phi) is 4.00. The zero-order valence-electron chi connectivity index (χ0n) is 5.55. The Morgan fingerprint density at radius 3 is 2.67 bits per heavy atom. The Morgan fingerprint density at radius 2 is 2.33 bits per heavy atom. The van der Waals surface area contributed by atoms with Crippen molar-refractivity contribution in [2.45, 2.75) is 13.0 Å². The van der Waals surface area contributed by atoms with Crippen molar-refractivity contribution in [2.75, 3.05) is 13.1 Å². The normalized spacial score (nSPS) is 12.8. The van der Waals surface area contributed by atoms with Gasteiger partial charge >= 0.3 is 0 Å². The zero-order valence-corrected chi connectivity index (χ0v) is 5.55. The lowest BCUT2D eigenvalue weighted by Gasteiger charge is -2.04. The van der Waals surface area contributed by atoms with Gasteiger partial charge in [-0.2, -0.15) is 0 Å². The van der Waals surface area contributed by atoms with Crippen molar-refractivity contribution >= 4 is 5.91 Å². The predicted molar refractivity (Wildman–Crippen MR) is 35.7 cm³/mol. The molecule has 0 bridgehead atoms. The van der Waals surface area contributed by atoms with Gasteiger partial charge in [-0.1, -0.05) is 0 Å². The van der Waals surface area contributed by atoms with Gasteiger partial charge in [-0.25, -0.2) is 0 Å². The van der Waals surface area contributed by atoms with Crippen LogP contribution in [-0.2, 0) is 4.79 Å². The molecule has 0 saturated heterocycles. The molecule has 4 heteroatoms. The average molecular weight is 131 g/mol. The summed E-state index contributed by atoms with van der Waals surface area (Å²) in [6.07, 6.45) is 0. The van der Waals surface area contributed by atoms with Crippen LogP contribution in [0.4, 0.5) is 0 Å². The number of rotatable bonds is 3. The Hall–Kier alpha value is -0.610. The van der Waals surface area contributed by atoms with E-state index in [-0.39, 0.29) is 5.91 Å². The van der Waals surface area contributed by atoms with Gasteiger partial charge in [0.1, 0.15) is 0 Å². The summed E-state index contributed by atoms with van der Waals surface area (Å²) < 4.78 is 0. The Morgan fingerprint density at radius 1 is 1.78 bits per heavy atom. The molecule has 4 nitrogen and oxygen atoms in total. The standard InChI is InChI=1S/C5H13N3O/c1-4(7)5(9)8-3-2-6/h4H,2-3,6-7H2,1H3,(H,8,9)/t4-/m1/s1. The minimum absolute atomic E-state index is 0.152. The van der Waals surface area contributed by atoms with Gasteiger partial charge in [0.2, 0.25) is 5.91 Å². The molecule has 0 radical (unpaired) electrons. The van der Waals surface area contributed by atoms with Crippen LogP contribution in [0, 0.1) is 0 Å². The highest BCUT2D eigenvalue weighted by molar-refractivity contribution is 5.80. The summed E-state index contributed by atoms with van der Waals surface area (Å²) in [6, 6.07) is -0.434. The van der Waals surface area contributed by atoms with Crippen molar-refractivity contribution < 1.29 is 4.79 Å². The van der Waals surface area contributed by atoms with Crippen LogP contribution in [0.2, 0.25) is 0 Å². The molecule has 1 amide bonds. The summed E-state index contributed by atoms with van der Waals surface area (Å²) in [5.41, 5.74) is 10.3. The number of nitrogens with two attached hydrogens (primary N) is 2. The minimum atomic E-state index is -0.434. The first-order valence-corrected chi connectivity index (χ1v) is 2.92. The number of hydrogen-bond acceptors (Lipinski definition) is 3. The zero-order chi connectivity index (χ0) is 7.28. The third-order valence-electron chi connectivity index (χ3n) is 0.857. The molecule has 0 aromatic rings. The topological polar surface area (TPSA) is 81.1 Å². The van der Waals surface area contributed by atoms with Gasteiger partial charge in [0.25, 0.3) is 0 Å². The number of nitrogens with one attached hydrogen (secondary N) is 1. The van der Waals surface area contributed by atoms with Crippen molar-refractivity contribution in [1.82, 2.24) is 5.32 Å². The van der Waals surface area contributed by atoms with Gasteiger partial charge in [0, 0.05) is 13.1 Å². The van der Waals surface area contributed by atoms with Crippen LogP contribution >= 0.6 is 0 Å². The van der Waals surface area contributed by atoms with Crippen molar-refractivity contribution in [2.24, 2.45) is 11.5 Å². The fraction of sp³-hybridized carbons (Fsp3) is 0.800. The van der Waals surface area contributed by atoms with E-state index in [4.69, 9.17) is 11.5 Å². The maximum absolute atomic E-state index is 10.6. The molecule has 0 aliphatic rings. The highest BCUT2D eigenvalue weighted by Crippen LogP contribution is 1.71. The fourth-order valence-corrected chi connectivity index (χ4v) is 0.356. The molecule has 0 aromatic heterocycles. The van der Waals surface area contributed by atoms with Crippen LogP contribution in [0.25, 0.3) is 0 Å².